The highest BCUT2D eigenvalue weighted by molar-refractivity contribution is 6.30. The average molecular weight is 391 g/mol. The number of halogens is 2. The third-order valence-electron chi connectivity index (χ3n) is 4.65. The lowest BCUT2D eigenvalue weighted by Gasteiger charge is -2.36. The molecule has 27 heavy (non-hydrogen) atoms. The van der Waals surface area contributed by atoms with Crippen molar-refractivity contribution in [1.29, 1.82) is 0 Å². The molecule has 2 aromatic rings. The Morgan fingerprint density at radius 1 is 1.00 bits per heavy atom. The molecule has 0 aliphatic carbocycles. The number of amides is 2. The van der Waals surface area contributed by atoms with Crippen molar-refractivity contribution in [2.45, 2.75) is 6.54 Å². The van der Waals surface area contributed by atoms with Crippen molar-refractivity contribution in [3.05, 3.63) is 64.9 Å². The van der Waals surface area contributed by atoms with Crippen LogP contribution < -0.4 is 15.5 Å². The Balaban J connectivity index is 1.32. The maximum absolute atomic E-state index is 13.9. The Morgan fingerprint density at radius 2 is 1.70 bits per heavy atom. The van der Waals surface area contributed by atoms with Crippen molar-refractivity contribution in [3.63, 3.8) is 0 Å². The topological polar surface area (TPSA) is 47.6 Å². The first-order chi connectivity index (χ1) is 13.1. The second-order valence-corrected chi connectivity index (χ2v) is 6.95. The molecule has 0 radical (unpaired) electrons. The first-order valence-corrected chi connectivity index (χ1v) is 9.47. The molecule has 0 unspecified atom stereocenters. The van der Waals surface area contributed by atoms with Crippen molar-refractivity contribution in [3.8, 4) is 0 Å². The summed E-state index contributed by atoms with van der Waals surface area (Å²) in [5, 5.41) is 6.38. The van der Waals surface area contributed by atoms with E-state index in [4.69, 9.17) is 11.6 Å². The van der Waals surface area contributed by atoms with Crippen LogP contribution in [0.15, 0.2) is 48.5 Å². The highest BCUT2D eigenvalue weighted by Gasteiger charge is 2.18. The Labute approximate surface area is 164 Å². The third-order valence-corrected chi connectivity index (χ3v) is 4.90. The number of benzene rings is 2. The summed E-state index contributed by atoms with van der Waals surface area (Å²) in [5.41, 5.74) is 1.66. The summed E-state index contributed by atoms with van der Waals surface area (Å²) < 4.78 is 13.9. The smallest absolute Gasteiger partial charge is 0.315 e. The molecule has 1 fully saturated rings. The number of hydrogen-bond donors (Lipinski definition) is 2. The highest BCUT2D eigenvalue weighted by Crippen LogP contribution is 2.19. The van der Waals surface area contributed by atoms with Gasteiger partial charge in [-0.3, -0.25) is 4.90 Å². The predicted octanol–water partition coefficient (Wildman–Crippen LogP) is 3.10. The van der Waals surface area contributed by atoms with Crippen LogP contribution in [0.2, 0.25) is 5.02 Å². The number of rotatable bonds is 6. The fourth-order valence-electron chi connectivity index (χ4n) is 3.10. The van der Waals surface area contributed by atoms with Crippen LogP contribution in [0.25, 0.3) is 0 Å². The zero-order valence-electron chi connectivity index (χ0n) is 15.1. The van der Waals surface area contributed by atoms with Gasteiger partial charge in [0, 0.05) is 50.8 Å². The number of hydrogen-bond acceptors (Lipinski definition) is 3. The maximum atomic E-state index is 13.9. The van der Waals surface area contributed by atoms with Gasteiger partial charge < -0.3 is 15.5 Å². The Kier molecular flexibility index (Phi) is 6.90. The number of nitrogens with zero attached hydrogens (tertiary/aromatic N) is 2. The van der Waals surface area contributed by atoms with Crippen LogP contribution in [0.3, 0.4) is 0 Å². The minimum absolute atomic E-state index is 0.176. The number of piperazine rings is 1. The molecule has 1 heterocycles. The molecular weight excluding hydrogens is 367 g/mol. The van der Waals surface area contributed by atoms with E-state index in [0.29, 0.717) is 23.8 Å². The Morgan fingerprint density at radius 3 is 2.41 bits per heavy atom. The molecule has 2 N–H and O–H groups in total. The second kappa shape index (κ2) is 9.58. The van der Waals surface area contributed by atoms with Gasteiger partial charge in [-0.15, -0.1) is 0 Å². The Bertz CT molecular complexity index is 748. The summed E-state index contributed by atoms with van der Waals surface area (Å²) in [6.45, 7) is 5.08. The van der Waals surface area contributed by atoms with Crippen molar-refractivity contribution >= 4 is 23.3 Å². The van der Waals surface area contributed by atoms with Gasteiger partial charge in [0.25, 0.3) is 0 Å². The highest BCUT2D eigenvalue weighted by atomic mass is 35.5. The minimum Gasteiger partial charge on any atom is -0.367 e. The lowest BCUT2D eigenvalue weighted by Crippen LogP contribution is -2.49. The van der Waals surface area contributed by atoms with Crippen molar-refractivity contribution in [1.82, 2.24) is 15.5 Å². The summed E-state index contributed by atoms with van der Waals surface area (Å²) in [6.07, 6.45) is 0. The summed E-state index contributed by atoms with van der Waals surface area (Å²) in [7, 11) is 0. The predicted molar refractivity (Wildman–Crippen MR) is 107 cm³/mol. The first-order valence-electron chi connectivity index (χ1n) is 9.10. The number of urea groups is 1. The van der Waals surface area contributed by atoms with Gasteiger partial charge in [-0.25, -0.2) is 9.18 Å². The molecule has 0 aromatic heterocycles. The minimum atomic E-state index is -0.185. The van der Waals surface area contributed by atoms with E-state index in [1.54, 1.807) is 18.2 Å². The van der Waals surface area contributed by atoms with E-state index in [9.17, 15) is 9.18 Å². The standard InChI is InChI=1S/C20H24ClFN4O/c21-17-7-5-16(6-8-17)15-24-20(27)23-9-10-25-11-13-26(14-12-25)19-4-2-1-3-18(19)22/h1-8H,9-15H2,(H2,23,24,27). The molecule has 0 spiro atoms. The SMILES string of the molecule is O=C(NCCN1CCN(c2ccccc2F)CC1)NCc1ccc(Cl)cc1. The quantitative estimate of drug-likeness (QED) is 0.796. The number of carbonyl (C=O) groups is 1. The van der Waals surface area contributed by atoms with E-state index in [1.807, 2.05) is 24.3 Å². The van der Waals surface area contributed by atoms with Crippen molar-refractivity contribution in [2.75, 3.05) is 44.2 Å². The maximum Gasteiger partial charge on any atom is 0.315 e. The van der Waals surface area contributed by atoms with Crippen LogP contribution in [0.1, 0.15) is 5.56 Å². The van der Waals surface area contributed by atoms with Gasteiger partial charge in [0.15, 0.2) is 0 Å². The van der Waals surface area contributed by atoms with Gasteiger partial charge in [-0.2, -0.15) is 0 Å². The monoisotopic (exact) mass is 390 g/mol. The largest absolute Gasteiger partial charge is 0.367 e. The number of anilines is 1. The van der Waals surface area contributed by atoms with Gasteiger partial charge in [0.05, 0.1) is 5.69 Å². The van der Waals surface area contributed by atoms with Gasteiger partial charge in [0.1, 0.15) is 5.82 Å². The van der Waals surface area contributed by atoms with E-state index in [-0.39, 0.29) is 11.8 Å². The first kappa shape index (κ1) is 19.5. The van der Waals surface area contributed by atoms with E-state index in [2.05, 4.69) is 20.4 Å². The lowest BCUT2D eigenvalue weighted by molar-refractivity contribution is 0.231. The average Bonchev–Trinajstić information content (AvgIpc) is 2.69. The van der Waals surface area contributed by atoms with E-state index in [0.717, 1.165) is 38.3 Å². The molecule has 2 amide bonds. The van der Waals surface area contributed by atoms with Gasteiger partial charge in [0.2, 0.25) is 0 Å². The Hall–Kier alpha value is -2.31. The number of para-hydroxylation sites is 1. The molecule has 1 aliphatic heterocycles. The van der Waals surface area contributed by atoms with Gasteiger partial charge >= 0.3 is 6.03 Å². The van der Waals surface area contributed by atoms with E-state index < -0.39 is 0 Å². The fraction of sp³-hybridized carbons (Fsp3) is 0.350. The molecule has 5 nitrogen and oxygen atoms in total. The van der Waals surface area contributed by atoms with Crippen LogP contribution in [0.5, 0.6) is 0 Å². The number of carbonyl (C=O) groups excluding carboxylic acids is 1. The molecule has 0 atom stereocenters. The van der Waals surface area contributed by atoms with E-state index >= 15 is 0 Å². The van der Waals surface area contributed by atoms with Crippen molar-refractivity contribution < 1.29 is 9.18 Å². The molecule has 1 saturated heterocycles. The molecule has 1 aliphatic rings. The molecular formula is C20H24ClFN4O. The van der Waals surface area contributed by atoms with Crippen molar-refractivity contribution in [2.24, 2.45) is 0 Å². The second-order valence-electron chi connectivity index (χ2n) is 6.52. The van der Waals surface area contributed by atoms with Crippen LogP contribution in [-0.4, -0.2) is 50.2 Å². The summed E-state index contributed by atoms with van der Waals surface area (Å²) in [6, 6.07) is 14.1. The van der Waals surface area contributed by atoms with Crippen LogP contribution in [0.4, 0.5) is 14.9 Å². The molecule has 3 rings (SSSR count). The van der Waals surface area contributed by atoms with Gasteiger partial charge in [-0.05, 0) is 29.8 Å². The molecule has 0 bridgehead atoms. The molecule has 7 heteroatoms. The molecule has 0 saturated carbocycles. The summed E-state index contributed by atoms with van der Waals surface area (Å²) >= 11 is 5.84. The fourth-order valence-corrected chi connectivity index (χ4v) is 3.22. The van der Waals surface area contributed by atoms with Crippen LogP contribution >= 0.6 is 11.6 Å². The molecule has 2 aromatic carbocycles. The van der Waals surface area contributed by atoms with E-state index in [1.165, 1.54) is 6.07 Å². The van der Waals surface area contributed by atoms with Crippen LogP contribution in [-0.2, 0) is 6.54 Å². The summed E-state index contributed by atoms with van der Waals surface area (Å²) in [4.78, 5) is 16.2. The molecule has 144 valence electrons. The van der Waals surface area contributed by atoms with Gasteiger partial charge in [-0.1, -0.05) is 35.9 Å². The van der Waals surface area contributed by atoms with Crippen LogP contribution in [0, 0.1) is 5.82 Å². The zero-order valence-corrected chi connectivity index (χ0v) is 15.9. The normalized spacial score (nSPS) is 14.8. The third kappa shape index (κ3) is 5.84. The zero-order chi connectivity index (χ0) is 19.1. The lowest BCUT2D eigenvalue weighted by atomic mass is 10.2. The summed E-state index contributed by atoms with van der Waals surface area (Å²) in [5.74, 6) is -0.176. The number of nitrogens with one attached hydrogen (secondary N) is 2.